The van der Waals surface area contributed by atoms with E-state index in [0.29, 0.717) is 5.75 Å². The van der Waals surface area contributed by atoms with E-state index in [2.05, 4.69) is 12.2 Å². The molecule has 0 aliphatic carbocycles. The van der Waals surface area contributed by atoms with Crippen molar-refractivity contribution in [1.82, 2.24) is 5.32 Å². The molecule has 1 amide bonds. The Morgan fingerprint density at radius 3 is 2.33 bits per heavy atom. The van der Waals surface area contributed by atoms with Crippen LogP contribution in [-0.4, -0.2) is 34.5 Å². The molecule has 0 saturated carbocycles. The number of carboxylic acid groups (broad SMARTS) is 1. The summed E-state index contributed by atoms with van der Waals surface area (Å²) in [7, 11) is 0. The molecule has 18 heavy (non-hydrogen) atoms. The van der Waals surface area contributed by atoms with Crippen LogP contribution >= 0.6 is 11.8 Å². The smallest absolute Gasteiger partial charge is 0.327 e. The molecule has 0 spiro atoms. The molecule has 0 fully saturated rings. The highest BCUT2D eigenvalue weighted by Crippen LogP contribution is 2.10. The molecule has 106 valence electrons. The first-order valence-electron chi connectivity index (χ1n) is 6.65. The maximum Gasteiger partial charge on any atom is 0.327 e. The number of carboxylic acids is 1. The van der Waals surface area contributed by atoms with Crippen LogP contribution in [0.1, 0.15) is 52.4 Å². The molecular formula is C13H25NO3S. The van der Waals surface area contributed by atoms with Gasteiger partial charge in [-0.25, -0.2) is 4.79 Å². The van der Waals surface area contributed by atoms with E-state index < -0.39 is 12.0 Å². The molecule has 0 aliphatic heterocycles. The van der Waals surface area contributed by atoms with Crippen LogP contribution < -0.4 is 5.32 Å². The molecular weight excluding hydrogens is 250 g/mol. The van der Waals surface area contributed by atoms with Gasteiger partial charge >= 0.3 is 5.97 Å². The fraction of sp³-hybridized carbons (Fsp3) is 0.846. The number of hydrogen-bond donors (Lipinski definition) is 2. The molecule has 4 nitrogen and oxygen atoms in total. The molecule has 0 unspecified atom stereocenters. The Bertz CT molecular complexity index is 246. The fourth-order valence-electron chi connectivity index (χ4n) is 1.61. The maximum absolute atomic E-state index is 10.8. The lowest BCUT2D eigenvalue weighted by Crippen LogP contribution is -2.41. The number of aliphatic carboxylic acids is 1. The maximum atomic E-state index is 10.8. The third kappa shape index (κ3) is 10.4. The van der Waals surface area contributed by atoms with Crippen LogP contribution in [0.25, 0.3) is 0 Å². The second-order valence-corrected chi connectivity index (χ2v) is 5.58. The second kappa shape index (κ2) is 11.4. The average Bonchev–Trinajstić information content (AvgIpc) is 2.30. The van der Waals surface area contributed by atoms with E-state index in [1.54, 1.807) is 11.8 Å². The van der Waals surface area contributed by atoms with Gasteiger partial charge in [0.1, 0.15) is 6.04 Å². The van der Waals surface area contributed by atoms with Crippen LogP contribution in [0.5, 0.6) is 0 Å². The first-order valence-corrected chi connectivity index (χ1v) is 7.81. The Hall–Kier alpha value is -0.710. The highest BCUT2D eigenvalue weighted by molar-refractivity contribution is 7.99. The van der Waals surface area contributed by atoms with Crippen LogP contribution in [0.2, 0.25) is 0 Å². The molecule has 0 rings (SSSR count). The Morgan fingerprint density at radius 2 is 1.78 bits per heavy atom. The van der Waals surface area contributed by atoms with Crippen molar-refractivity contribution in [2.75, 3.05) is 11.5 Å². The molecule has 0 saturated heterocycles. The summed E-state index contributed by atoms with van der Waals surface area (Å²) in [6.45, 7) is 3.54. The predicted molar refractivity (Wildman–Crippen MR) is 75.9 cm³/mol. The van der Waals surface area contributed by atoms with Gasteiger partial charge in [0, 0.05) is 12.7 Å². The van der Waals surface area contributed by atoms with Gasteiger partial charge in [-0.2, -0.15) is 11.8 Å². The molecule has 0 aromatic carbocycles. The zero-order chi connectivity index (χ0) is 13.8. The number of unbranched alkanes of at least 4 members (excludes halogenated alkanes) is 5. The summed E-state index contributed by atoms with van der Waals surface area (Å²) in [5, 5.41) is 11.3. The standard InChI is InChI=1S/C13H25NO3S/c1-3-4-5-6-7-8-9-18-10-12(13(16)17)14-11(2)15/h12H,3-10H2,1-2H3,(H,14,15)(H,16,17)/t12-/m0/s1. The van der Waals surface area contributed by atoms with E-state index in [0.717, 1.165) is 12.2 Å². The Kier molecular flexibility index (Phi) is 10.9. The molecule has 0 radical (unpaired) electrons. The SMILES string of the molecule is CCCCCCCCSC[C@H](NC(C)=O)C(=O)O. The third-order valence-corrected chi connectivity index (χ3v) is 3.75. The highest BCUT2D eigenvalue weighted by atomic mass is 32.2. The second-order valence-electron chi connectivity index (χ2n) is 4.43. The number of amides is 1. The Balaban J connectivity index is 3.49. The number of rotatable bonds is 11. The lowest BCUT2D eigenvalue weighted by atomic mass is 10.1. The summed E-state index contributed by atoms with van der Waals surface area (Å²) in [5.41, 5.74) is 0. The molecule has 0 heterocycles. The van der Waals surface area contributed by atoms with Gasteiger partial charge in [-0.05, 0) is 12.2 Å². The largest absolute Gasteiger partial charge is 0.480 e. The summed E-state index contributed by atoms with van der Waals surface area (Å²) in [5.74, 6) is 0.169. The summed E-state index contributed by atoms with van der Waals surface area (Å²) in [6.07, 6.45) is 7.46. The Labute approximate surface area is 114 Å². The van der Waals surface area contributed by atoms with E-state index in [1.807, 2.05) is 0 Å². The Morgan fingerprint density at radius 1 is 1.17 bits per heavy atom. The van der Waals surface area contributed by atoms with Gasteiger partial charge in [0.05, 0.1) is 0 Å². The third-order valence-electron chi connectivity index (χ3n) is 2.60. The molecule has 0 bridgehead atoms. The van der Waals surface area contributed by atoms with E-state index in [-0.39, 0.29) is 5.91 Å². The predicted octanol–water partition coefficient (Wildman–Crippen LogP) is 2.67. The zero-order valence-electron chi connectivity index (χ0n) is 11.4. The van der Waals surface area contributed by atoms with Crippen LogP contribution in [0.15, 0.2) is 0 Å². The summed E-state index contributed by atoms with van der Waals surface area (Å²) in [6, 6.07) is -0.757. The van der Waals surface area contributed by atoms with Gasteiger partial charge in [0.25, 0.3) is 0 Å². The van der Waals surface area contributed by atoms with Gasteiger partial charge in [-0.1, -0.05) is 39.0 Å². The van der Waals surface area contributed by atoms with Crippen molar-refractivity contribution in [2.45, 2.75) is 58.4 Å². The van der Waals surface area contributed by atoms with Crippen molar-refractivity contribution < 1.29 is 14.7 Å². The average molecular weight is 275 g/mol. The number of carbonyl (C=O) groups is 2. The van der Waals surface area contributed by atoms with Crippen molar-refractivity contribution in [3.63, 3.8) is 0 Å². The molecule has 0 aromatic heterocycles. The topological polar surface area (TPSA) is 66.4 Å². The summed E-state index contributed by atoms with van der Waals surface area (Å²) in [4.78, 5) is 21.7. The highest BCUT2D eigenvalue weighted by Gasteiger charge is 2.17. The van der Waals surface area contributed by atoms with Gasteiger partial charge in [0.15, 0.2) is 0 Å². The first-order chi connectivity index (χ1) is 8.57. The minimum absolute atomic E-state index is 0.289. The van der Waals surface area contributed by atoms with Crippen molar-refractivity contribution in [2.24, 2.45) is 0 Å². The quantitative estimate of drug-likeness (QED) is 0.569. The van der Waals surface area contributed by atoms with Crippen LogP contribution in [0.4, 0.5) is 0 Å². The van der Waals surface area contributed by atoms with Crippen molar-refractivity contribution in [3.05, 3.63) is 0 Å². The molecule has 5 heteroatoms. The van der Waals surface area contributed by atoms with E-state index in [1.165, 1.54) is 39.0 Å². The summed E-state index contributed by atoms with van der Waals surface area (Å²) < 4.78 is 0. The number of hydrogen-bond acceptors (Lipinski definition) is 3. The van der Waals surface area contributed by atoms with Gasteiger partial charge in [0.2, 0.25) is 5.91 Å². The van der Waals surface area contributed by atoms with E-state index in [4.69, 9.17) is 5.11 Å². The van der Waals surface area contributed by atoms with Gasteiger partial charge < -0.3 is 10.4 Å². The van der Waals surface area contributed by atoms with Crippen LogP contribution in [0.3, 0.4) is 0 Å². The van der Waals surface area contributed by atoms with Gasteiger partial charge in [-0.3, -0.25) is 4.79 Å². The number of carbonyl (C=O) groups excluding carboxylic acids is 1. The molecule has 1 atom stereocenters. The fourth-order valence-corrected chi connectivity index (χ4v) is 2.64. The minimum Gasteiger partial charge on any atom is -0.480 e. The monoisotopic (exact) mass is 275 g/mol. The van der Waals surface area contributed by atoms with Crippen molar-refractivity contribution in [3.8, 4) is 0 Å². The zero-order valence-corrected chi connectivity index (χ0v) is 12.2. The van der Waals surface area contributed by atoms with Crippen LogP contribution in [-0.2, 0) is 9.59 Å². The van der Waals surface area contributed by atoms with E-state index >= 15 is 0 Å². The molecule has 2 N–H and O–H groups in total. The number of thioether (sulfide) groups is 1. The normalized spacial score (nSPS) is 12.1. The van der Waals surface area contributed by atoms with Crippen molar-refractivity contribution >= 4 is 23.6 Å². The minimum atomic E-state index is -0.958. The van der Waals surface area contributed by atoms with Crippen LogP contribution in [0, 0.1) is 0 Å². The lowest BCUT2D eigenvalue weighted by Gasteiger charge is -2.12. The van der Waals surface area contributed by atoms with Crippen molar-refractivity contribution in [1.29, 1.82) is 0 Å². The first kappa shape index (κ1) is 17.3. The number of nitrogens with one attached hydrogen (secondary N) is 1. The van der Waals surface area contributed by atoms with Gasteiger partial charge in [-0.15, -0.1) is 0 Å². The van der Waals surface area contributed by atoms with E-state index in [9.17, 15) is 9.59 Å². The molecule has 0 aromatic rings. The lowest BCUT2D eigenvalue weighted by molar-refractivity contribution is -0.140. The molecule has 0 aliphatic rings. The summed E-state index contributed by atoms with van der Waals surface area (Å²) >= 11 is 1.60.